The van der Waals surface area contributed by atoms with E-state index in [1.165, 1.54) is 21.3 Å². The first kappa shape index (κ1) is 29.5. The van der Waals surface area contributed by atoms with E-state index < -0.39 is 0 Å². The summed E-state index contributed by atoms with van der Waals surface area (Å²) in [5.74, 6) is 0.376. The van der Waals surface area contributed by atoms with Crippen molar-refractivity contribution in [1.82, 2.24) is 10.3 Å². The zero-order valence-corrected chi connectivity index (χ0v) is 25.5. The molecule has 178 valence electrons. The van der Waals surface area contributed by atoms with E-state index in [0.717, 1.165) is 61.9 Å². The number of nitrogens with zero attached hydrogens (tertiary/aromatic N) is 1. The summed E-state index contributed by atoms with van der Waals surface area (Å²) in [6, 6.07) is 16.8. The van der Waals surface area contributed by atoms with E-state index in [4.69, 9.17) is 4.74 Å². The summed E-state index contributed by atoms with van der Waals surface area (Å²) >= 11 is 0.987. The van der Waals surface area contributed by atoms with Crippen molar-refractivity contribution in [3.05, 3.63) is 78.0 Å². The Bertz CT molecular complexity index is 1060. The molecule has 0 spiro atoms. The second kappa shape index (κ2) is 16.1. The molecule has 0 aliphatic rings. The minimum absolute atomic E-state index is 0.0503. The molecule has 1 aromatic heterocycles. The predicted octanol–water partition coefficient (Wildman–Crippen LogP) is 4.78. The van der Waals surface area contributed by atoms with E-state index in [9.17, 15) is 9.59 Å². The Labute approximate surface area is 219 Å². The van der Waals surface area contributed by atoms with Crippen LogP contribution in [0.2, 0.25) is 0 Å². The molecule has 0 fully saturated rings. The number of fused-ring (bicyclic) bond motifs is 1. The Kier molecular flexibility index (Phi) is 14.0. The number of amides is 1. The molecule has 1 amide bonds. The number of aryl methyl sites for hydroxylation is 2. The van der Waals surface area contributed by atoms with E-state index in [2.05, 4.69) is 74.0 Å². The van der Waals surface area contributed by atoms with Gasteiger partial charge >= 0.3 is 65.6 Å². The quantitative estimate of drug-likeness (QED) is 0.173. The van der Waals surface area contributed by atoms with Crippen molar-refractivity contribution in [3.63, 3.8) is 0 Å². The van der Waals surface area contributed by atoms with Crippen LogP contribution in [-0.4, -0.2) is 56.1 Å². The van der Waals surface area contributed by atoms with Crippen molar-refractivity contribution in [3.8, 4) is 5.75 Å². The van der Waals surface area contributed by atoms with Crippen LogP contribution in [0, 0.1) is 13.8 Å². The Morgan fingerprint density at radius 1 is 1.03 bits per heavy atom. The van der Waals surface area contributed by atoms with Crippen LogP contribution >= 0.6 is 0 Å². The fourth-order valence-electron chi connectivity index (χ4n) is 2.85. The zero-order chi connectivity index (χ0) is 25.5. The Morgan fingerprint density at radius 3 is 2.26 bits per heavy atom. The Morgan fingerprint density at radius 2 is 1.71 bits per heavy atom. The molecule has 0 aliphatic heterocycles. The van der Waals surface area contributed by atoms with Crippen LogP contribution < -0.4 is 13.2 Å². The van der Waals surface area contributed by atoms with Crippen LogP contribution in [-0.2, 0) is 9.59 Å². The van der Waals surface area contributed by atoms with Gasteiger partial charge in [0.05, 0.1) is 17.7 Å². The third-order valence-corrected chi connectivity index (χ3v) is 6.28. The molecule has 3 aromatic rings. The Hall–Kier alpha value is -2.55. The number of rotatable bonds is 7. The van der Waals surface area contributed by atoms with E-state index >= 15 is 0 Å². The number of carbonyl (C=O) groups excluding carboxylic acids is 2. The van der Waals surface area contributed by atoms with E-state index in [-0.39, 0.29) is 17.3 Å². The SMILES string of the molecule is C=C(C(=O)CCC)C(=O)NC.CCCOc1ccc(C)c2ncccc12.Cc1cc[c]([Tl])cc1. The minimum atomic E-state index is -0.386. The molecule has 1 heterocycles. The normalized spacial score (nSPS) is 9.65. The summed E-state index contributed by atoms with van der Waals surface area (Å²) in [6.45, 7) is 12.3. The van der Waals surface area contributed by atoms with Gasteiger partial charge in [0.15, 0.2) is 5.78 Å². The maximum atomic E-state index is 11.0. The number of likely N-dealkylation sites (N-methyl/N-ethyl adjacent to an activating group) is 1. The number of carbonyl (C=O) groups is 2. The predicted molar refractivity (Wildman–Crippen MR) is 142 cm³/mol. The van der Waals surface area contributed by atoms with Gasteiger partial charge < -0.3 is 10.1 Å². The van der Waals surface area contributed by atoms with Crippen LogP contribution in [0.25, 0.3) is 10.9 Å². The Balaban J connectivity index is 0.000000269. The molecule has 6 heteroatoms. The summed E-state index contributed by atoms with van der Waals surface area (Å²) in [7, 11) is 1.48. The molecular formula is C28H35N2O3Tl. The molecule has 0 radical (unpaired) electrons. The molecular weight excluding hydrogens is 617 g/mol. The first-order valence-corrected chi connectivity index (χ1v) is 13.7. The first-order valence-electron chi connectivity index (χ1n) is 11.5. The second-order valence-corrected chi connectivity index (χ2v) is 10.4. The third kappa shape index (κ3) is 10.2. The van der Waals surface area contributed by atoms with Gasteiger partial charge in [0, 0.05) is 25.1 Å². The fraction of sp³-hybridized carbons (Fsp3) is 0.321. The van der Waals surface area contributed by atoms with Crippen molar-refractivity contribution in [2.75, 3.05) is 13.7 Å². The number of benzene rings is 2. The monoisotopic (exact) mass is 652 g/mol. The van der Waals surface area contributed by atoms with Crippen LogP contribution in [0.3, 0.4) is 0 Å². The summed E-state index contributed by atoms with van der Waals surface area (Å²) in [5.41, 5.74) is 3.63. The fourth-order valence-corrected chi connectivity index (χ4v) is 3.60. The number of Topliss-reactive ketones (excluding diaryl/α,β-unsaturated/α-hetero) is 1. The molecule has 5 nitrogen and oxygen atoms in total. The van der Waals surface area contributed by atoms with Gasteiger partial charge in [0.25, 0.3) is 5.91 Å². The first-order chi connectivity index (χ1) is 16.2. The van der Waals surface area contributed by atoms with Crippen LogP contribution in [0.4, 0.5) is 0 Å². The summed E-state index contributed by atoms with van der Waals surface area (Å²) < 4.78 is 7.18. The molecule has 2 aromatic carbocycles. The number of nitrogens with one attached hydrogen (secondary N) is 1. The van der Waals surface area contributed by atoms with Gasteiger partial charge in [-0.1, -0.05) is 26.5 Å². The van der Waals surface area contributed by atoms with Crippen LogP contribution in [0.5, 0.6) is 5.75 Å². The average molecular weight is 652 g/mol. The van der Waals surface area contributed by atoms with E-state index in [1.807, 2.05) is 25.3 Å². The molecule has 3 rings (SSSR count). The molecule has 0 saturated carbocycles. The van der Waals surface area contributed by atoms with Gasteiger partial charge in [-0.2, -0.15) is 0 Å². The number of pyridine rings is 1. The summed E-state index contributed by atoms with van der Waals surface area (Å²) in [5, 5.41) is 3.45. The maximum absolute atomic E-state index is 11.0. The van der Waals surface area contributed by atoms with Crippen LogP contribution in [0.1, 0.15) is 44.2 Å². The molecule has 1 N–H and O–H groups in total. The van der Waals surface area contributed by atoms with Crippen molar-refractivity contribution in [2.45, 2.75) is 47.0 Å². The van der Waals surface area contributed by atoms with Gasteiger partial charge in [-0.3, -0.25) is 14.6 Å². The molecule has 0 unspecified atom stereocenters. The summed E-state index contributed by atoms with van der Waals surface area (Å²) in [4.78, 5) is 26.1. The van der Waals surface area contributed by atoms with Crippen molar-refractivity contribution >= 4 is 51.5 Å². The molecule has 0 aliphatic carbocycles. The third-order valence-electron chi connectivity index (χ3n) is 4.79. The zero-order valence-electron chi connectivity index (χ0n) is 21.0. The van der Waals surface area contributed by atoms with Crippen molar-refractivity contribution < 1.29 is 14.3 Å². The number of aromatic nitrogens is 1. The summed E-state index contributed by atoms with van der Waals surface area (Å²) in [6.07, 6.45) is 3.98. The molecule has 0 saturated heterocycles. The molecule has 34 heavy (non-hydrogen) atoms. The van der Waals surface area contributed by atoms with Gasteiger partial charge in [-0.25, -0.2) is 0 Å². The molecule has 0 bridgehead atoms. The average Bonchev–Trinajstić information content (AvgIpc) is 2.85. The topological polar surface area (TPSA) is 68.3 Å². The number of ether oxygens (including phenoxy) is 1. The van der Waals surface area contributed by atoms with Gasteiger partial charge in [-0.05, 0) is 43.5 Å². The van der Waals surface area contributed by atoms with Gasteiger partial charge in [-0.15, -0.1) is 0 Å². The number of hydrogen-bond acceptors (Lipinski definition) is 4. The van der Waals surface area contributed by atoms with E-state index in [1.54, 1.807) is 0 Å². The van der Waals surface area contributed by atoms with E-state index in [0.29, 0.717) is 6.42 Å². The number of ketones is 1. The van der Waals surface area contributed by atoms with Crippen molar-refractivity contribution in [2.24, 2.45) is 0 Å². The number of hydrogen-bond donors (Lipinski definition) is 1. The molecule has 0 atom stereocenters. The standard InChI is InChI=1S/C13H15NO.C8H13NO2.C7H7.Tl/c1-3-9-15-12-7-6-10(2)13-11(12)5-4-8-14-13;1-4-5-7(10)6(2)8(11)9-3;1-7-5-3-2-4-6-7;/h4-8H,3,9H2,1-2H3;2,4-5H2,1,3H3,(H,9,11);3-6H,1H3;. The van der Waals surface area contributed by atoms with Gasteiger partial charge in [0.1, 0.15) is 5.75 Å². The van der Waals surface area contributed by atoms with Gasteiger partial charge in [0.2, 0.25) is 0 Å². The van der Waals surface area contributed by atoms with Crippen LogP contribution in [0.15, 0.2) is 66.9 Å². The van der Waals surface area contributed by atoms with Crippen molar-refractivity contribution in [1.29, 1.82) is 0 Å². The second-order valence-electron chi connectivity index (χ2n) is 7.77.